The van der Waals surface area contributed by atoms with E-state index in [-0.39, 0.29) is 29.7 Å². The Hall–Kier alpha value is -8.41. The molecule has 79 heavy (non-hydrogen) atoms. The van der Waals surface area contributed by atoms with Crippen LogP contribution in [0.5, 0.6) is 0 Å². The molecule has 1 unspecified atom stereocenters. The van der Waals surface area contributed by atoms with Gasteiger partial charge in [-0.05, 0) is 144 Å². The van der Waals surface area contributed by atoms with E-state index in [1.165, 1.54) is 99.3 Å². The highest BCUT2D eigenvalue weighted by Gasteiger charge is 2.49. The van der Waals surface area contributed by atoms with Crippen molar-refractivity contribution < 1.29 is 13.9 Å². The molecule has 4 aliphatic rings. The maximum atomic E-state index is 15.5. The molecule has 0 bridgehead atoms. The Balaban J connectivity index is 0.899. The molecular formula is C74H70N4O+2. The van der Waals surface area contributed by atoms with Crippen LogP contribution in [0.4, 0.5) is 22.7 Å². The van der Waals surface area contributed by atoms with E-state index in [4.69, 9.17) is 0 Å². The minimum atomic E-state index is -0.418. The van der Waals surface area contributed by atoms with E-state index in [1.54, 1.807) is 0 Å². The minimum absolute atomic E-state index is 0.143. The average Bonchev–Trinajstić information content (AvgIpc) is 4.03. The maximum absolute atomic E-state index is 15.5. The lowest BCUT2D eigenvalue weighted by Crippen LogP contribution is -2.35. The third-order valence-electron chi connectivity index (χ3n) is 18.5. The van der Waals surface area contributed by atoms with Crippen molar-refractivity contribution in [3.8, 4) is 0 Å². The molecule has 13 rings (SSSR count). The Morgan fingerprint density at radius 2 is 1.01 bits per heavy atom. The van der Waals surface area contributed by atoms with Crippen LogP contribution in [0, 0.1) is 6.92 Å². The van der Waals surface area contributed by atoms with Gasteiger partial charge in [-0.15, -0.1) is 0 Å². The van der Waals surface area contributed by atoms with Crippen molar-refractivity contribution in [2.24, 2.45) is 0 Å². The van der Waals surface area contributed by atoms with Crippen LogP contribution in [0.15, 0.2) is 218 Å². The minimum Gasteiger partial charge on any atom is -0.347 e. The Labute approximate surface area is 466 Å². The summed E-state index contributed by atoms with van der Waals surface area (Å²) >= 11 is 0. The summed E-state index contributed by atoms with van der Waals surface area (Å²) < 4.78 is 4.68. The summed E-state index contributed by atoms with van der Waals surface area (Å²) in [5.41, 5.74) is 15.8. The molecule has 9 aromatic rings. The molecule has 0 saturated carbocycles. The first-order valence-corrected chi connectivity index (χ1v) is 28.2. The summed E-state index contributed by atoms with van der Waals surface area (Å²) in [4.78, 5) is 20.2. The second kappa shape index (κ2) is 18.3. The van der Waals surface area contributed by atoms with Gasteiger partial charge in [0, 0.05) is 76.1 Å². The molecule has 0 amide bonds. The molecule has 0 aliphatic carbocycles. The number of hydrogen-bond acceptors (Lipinski definition) is 3. The van der Waals surface area contributed by atoms with Crippen LogP contribution in [0.3, 0.4) is 0 Å². The van der Waals surface area contributed by atoms with Gasteiger partial charge in [-0.2, -0.15) is 9.15 Å². The quantitative estimate of drug-likeness (QED) is 0.128. The zero-order valence-corrected chi connectivity index (χ0v) is 47.4. The topological polar surface area (TPSA) is 29.6 Å². The molecule has 4 heterocycles. The number of ketones is 1. The average molecular weight is 1030 g/mol. The van der Waals surface area contributed by atoms with Gasteiger partial charge >= 0.3 is 0 Å². The van der Waals surface area contributed by atoms with Gasteiger partial charge in [-0.3, -0.25) is 4.79 Å². The number of rotatable bonds is 10. The summed E-state index contributed by atoms with van der Waals surface area (Å²) in [6.45, 7) is 19.1. The first-order chi connectivity index (χ1) is 38.0. The van der Waals surface area contributed by atoms with E-state index in [0.717, 1.165) is 29.2 Å². The number of benzene rings is 9. The smallest absolute Gasteiger partial charge is 0.217 e. The van der Waals surface area contributed by atoms with E-state index in [1.807, 2.05) is 0 Å². The van der Waals surface area contributed by atoms with Crippen molar-refractivity contribution in [1.82, 2.24) is 0 Å². The zero-order chi connectivity index (χ0) is 54.8. The van der Waals surface area contributed by atoms with E-state index in [2.05, 4.69) is 295 Å². The molecular weight excluding hydrogens is 961 g/mol. The number of anilines is 2. The summed E-state index contributed by atoms with van der Waals surface area (Å²) in [5.74, 6) is 0.143. The highest BCUT2D eigenvalue weighted by molar-refractivity contribution is 6.10. The third kappa shape index (κ3) is 7.75. The molecule has 5 heteroatoms. The largest absolute Gasteiger partial charge is 0.347 e. The first kappa shape index (κ1) is 50.1. The maximum Gasteiger partial charge on any atom is 0.217 e. The van der Waals surface area contributed by atoms with Crippen molar-refractivity contribution in [3.63, 3.8) is 0 Å². The molecule has 0 fully saturated rings. The standard InChI is InChI=1S/C74H70N4O/c1-48-34-35-53-37-41-60-70(58(53)44-48)74(8,45-49-22-12-11-13-23-49)66(76(60)10)33-21-32-65-73(6,7)69-57-29-19-16-26-52(57)39-43-62(69)78(65)47-54(79)46-77-61-42-38-51-25-15-18-28-56(51)68(61)72(4,5)64(77)31-20-30-63-71(2,3)67-55-27-17-14-24-50(55)36-40-59(67)75(63)9/h11-44H,45-47H2,1-10H3/q+2. The monoisotopic (exact) mass is 1030 g/mol. The fraction of sp³-hybridized carbons (Fsp3) is 0.230. The van der Waals surface area contributed by atoms with Crippen LogP contribution in [-0.4, -0.2) is 53.5 Å². The molecule has 5 nitrogen and oxygen atoms in total. The van der Waals surface area contributed by atoms with Gasteiger partial charge in [0.15, 0.2) is 11.4 Å². The number of fused-ring (bicyclic) bond motifs is 12. The van der Waals surface area contributed by atoms with Gasteiger partial charge in [0.2, 0.25) is 23.7 Å². The molecule has 9 aromatic carbocycles. The van der Waals surface area contributed by atoms with Crippen molar-refractivity contribution in [2.75, 3.05) is 37.0 Å². The van der Waals surface area contributed by atoms with Crippen LogP contribution < -0.4 is 9.80 Å². The number of Topliss-reactive ketones (excluding diaryl/α,β-unsaturated/α-hetero) is 1. The third-order valence-corrected chi connectivity index (χ3v) is 18.5. The lowest BCUT2D eigenvalue weighted by molar-refractivity contribution is -0.424. The summed E-state index contributed by atoms with van der Waals surface area (Å²) in [7, 11) is 4.42. The van der Waals surface area contributed by atoms with Gasteiger partial charge in [-0.1, -0.05) is 165 Å². The van der Waals surface area contributed by atoms with Crippen LogP contribution >= 0.6 is 0 Å². The molecule has 0 radical (unpaired) electrons. The predicted octanol–water partition coefficient (Wildman–Crippen LogP) is 16.6. The summed E-state index contributed by atoms with van der Waals surface area (Å²) in [6, 6.07) is 61.9. The first-order valence-electron chi connectivity index (χ1n) is 28.2. The number of aryl methyl sites for hydroxylation is 1. The molecule has 0 spiro atoms. The van der Waals surface area contributed by atoms with Crippen molar-refractivity contribution in [1.29, 1.82) is 0 Å². The Bertz CT molecular complexity index is 4270. The summed E-state index contributed by atoms with van der Waals surface area (Å²) in [6.07, 6.45) is 14.6. The van der Waals surface area contributed by atoms with E-state index >= 15 is 4.79 Å². The number of nitrogens with zero attached hydrogens (tertiary/aromatic N) is 4. The molecule has 390 valence electrons. The van der Waals surface area contributed by atoms with Gasteiger partial charge in [-0.25, -0.2) is 0 Å². The highest BCUT2D eigenvalue weighted by Crippen LogP contribution is 2.54. The SMILES string of the molecule is Cc1ccc2ccc3c(c2c1)C(C)(Cc1ccccc1)/C(=C\C=C\C1=[N+](CC(=O)CN2/C(=C/C=C/C4=[N+](C)c5ccc6ccccc6c5C4(C)C)C(C)(C)c4c2ccc2ccccc42)c2ccc4ccccc4c2C1(C)C)N3C. The Morgan fingerprint density at radius 3 is 1.67 bits per heavy atom. The molecule has 0 N–H and O–H groups in total. The Kier molecular flexibility index (Phi) is 11.6. The van der Waals surface area contributed by atoms with Crippen molar-refractivity contribution in [3.05, 3.63) is 251 Å². The Morgan fingerprint density at radius 1 is 0.506 bits per heavy atom. The van der Waals surface area contributed by atoms with E-state index < -0.39 is 10.8 Å². The zero-order valence-electron chi connectivity index (χ0n) is 47.4. The number of carbonyl (C=O) groups is 1. The summed E-state index contributed by atoms with van der Waals surface area (Å²) in [5, 5.41) is 9.97. The van der Waals surface area contributed by atoms with Crippen LogP contribution in [0.25, 0.3) is 43.1 Å². The van der Waals surface area contributed by atoms with Crippen LogP contribution in [0.2, 0.25) is 0 Å². The molecule has 0 aromatic heterocycles. The van der Waals surface area contributed by atoms with Gasteiger partial charge in [0.1, 0.15) is 7.05 Å². The lowest BCUT2D eigenvalue weighted by Gasteiger charge is -2.29. The number of likely N-dealkylation sites (N-methyl/N-ethyl adjacent to an activating group) is 1. The molecule has 1 atom stereocenters. The van der Waals surface area contributed by atoms with Crippen LogP contribution in [0.1, 0.15) is 81.8 Å². The van der Waals surface area contributed by atoms with Gasteiger partial charge in [0.05, 0.1) is 17.4 Å². The fourth-order valence-electron chi connectivity index (χ4n) is 14.9. The van der Waals surface area contributed by atoms with Crippen LogP contribution in [-0.2, 0) is 32.9 Å². The lowest BCUT2D eigenvalue weighted by atomic mass is 9.74. The number of hydrogen-bond donors (Lipinski definition) is 0. The van der Waals surface area contributed by atoms with Gasteiger partial charge < -0.3 is 9.80 Å². The molecule has 0 saturated heterocycles. The fourth-order valence-corrected chi connectivity index (χ4v) is 14.9. The van der Waals surface area contributed by atoms with Gasteiger partial charge in [0.25, 0.3) is 0 Å². The predicted molar refractivity (Wildman–Crippen MR) is 333 cm³/mol. The highest BCUT2D eigenvalue weighted by atomic mass is 16.1. The van der Waals surface area contributed by atoms with E-state index in [0.29, 0.717) is 0 Å². The second-order valence-corrected chi connectivity index (χ2v) is 24.5. The normalized spacial score (nSPS) is 19.9. The van der Waals surface area contributed by atoms with Crippen molar-refractivity contribution >= 4 is 83.0 Å². The number of allylic oxidation sites excluding steroid dienone is 8. The number of carbonyl (C=O) groups excluding carboxylic acids is 1. The van der Waals surface area contributed by atoms with Crippen molar-refractivity contribution in [2.45, 2.75) is 83.5 Å². The van der Waals surface area contributed by atoms with E-state index in [9.17, 15) is 0 Å². The second-order valence-electron chi connectivity index (χ2n) is 24.5. The molecule has 4 aliphatic heterocycles.